The Labute approximate surface area is 282 Å². The van der Waals surface area contributed by atoms with Gasteiger partial charge < -0.3 is 44.5 Å². The van der Waals surface area contributed by atoms with Crippen molar-refractivity contribution in [2.45, 2.75) is 69.9 Å². The molecule has 2 amide bonds. The zero-order valence-corrected chi connectivity index (χ0v) is 28.0. The van der Waals surface area contributed by atoms with Crippen molar-refractivity contribution in [1.82, 2.24) is 10.2 Å². The molecule has 0 spiro atoms. The molecular weight excluding hydrogens is 707 g/mol. The Bertz CT molecular complexity index is 1480. The highest BCUT2D eigenvalue weighted by Crippen LogP contribution is 2.50. The van der Waals surface area contributed by atoms with E-state index in [9.17, 15) is 24.9 Å². The summed E-state index contributed by atoms with van der Waals surface area (Å²) in [6.45, 7) is -0.0222. The molecule has 12 heteroatoms. The van der Waals surface area contributed by atoms with Crippen LogP contribution in [0, 0.1) is 21.3 Å². The number of halogens is 1. The van der Waals surface area contributed by atoms with E-state index in [0.29, 0.717) is 61.9 Å². The van der Waals surface area contributed by atoms with Gasteiger partial charge in [0.25, 0.3) is 0 Å². The van der Waals surface area contributed by atoms with Crippen molar-refractivity contribution in [2.75, 3.05) is 27.1 Å². The molecule has 0 aromatic heterocycles. The van der Waals surface area contributed by atoms with Gasteiger partial charge >= 0.3 is 0 Å². The molecule has 4 aliphatic rings. The zero-order valence-electron chi connectivity index (χ0n) is 25.8. The summed E-state index contributed by atoms with van der Waals surface area (Å²) in [6, 6.07) is 8.18. The largest absolute Gasteiger partial charge is 0.493 e. The zero-order chi connectivity index (χ0) is 32.4. The number of carbonyl (C=O) groups excluding carboxylic acids is 2. The van der Waals surface area contributed by atoms with Gasteiger partial charge in [0.1, 0.15) is 12.2 Å². The molecule has 1 aliphatic heterocycles. The minimum atomic E-state index is -1.19. The summed E-state index contributed by atoms with van der Waals surface area (Å²) < 4.78 is 23.7. The number of rotatable bonds is 12. The first kappa shape index (κ1) is 32.9. The van der Waals surface area contributed by atoms with Gasteiger partial charge in [-0.05, 0) is 101 Å². The van der Waals surface area contributed by atoms with E-state index in [1.54, 1.807) is 23.1 Å². The van der Waals surface area contributed by atoms with Crippen LogP contribution in [-0.2, 0) is 22.7 Å². The van der Waals surface area contributed by atoms with E-state index in [1.807, 2.05) is 18.2 Å². The van der Waals surface area contributed by atoms with Crippen LogP contribution in [0.15, 0.2) is 42.0 Å². The molecule has 4 N–H and O–H groups in total. The van der Waals surface area contributed by atoms with Crippen LogP contribution in [0.2, 0.25) is 0 Å². The molecule has 6 atom stereocenters. The smallest absolute Gasteiger partial charge is 0.247 e. The van der Waals surface area contributed by atoms with E-state index in [1.165, 1.54) is 20.0 Å². The first-order chi connectivity index (χ1) is 22.3. The Morgan fingerprint density at radius 3 is 2.63 bits per heavy atom. The second-order valence-electron chi connectivity index (χ2n) is 12.6. The number of benzene rings is 2. The fraction of sp³-hybridized carbons (Fsp3) is 0.529. The highest BCUT2D eigenvalue weighted by atomic mass is 127. The number of amides is 2. The maximum Gasteiger partial charge on any atom is 0.247 e. The minimum Gasteiger partial charge on any atom is -0.493 e. The predicted molar refractivity (Wildman–Crippen MR) is 175 cm³/mol. The molecule has 6 rings (SSSR count). The highest BCUT2D eigenvalue weighted by Gasteiger charge is 2.44. The van der Waals surface area contributed by atoms with E-state index in [-0.39, 0.29) is 45.4 Å². The van der Waals surface area contributed by atoms with E-state index < -0.39 is 24.2 Å². The first-order valence-corrected chi connectivity index (χ1v) is 17.0. The van der Waals surface area contributed by atoms with E-state index in [4.69, 9.17) is 18.9 Å². The second kappa shape index (κ2) is 14.4. The van der Waals surface area contributed by atoms with Crippen LogP contribution in [0.25, 0.3) is 0 Å². The lowest BCUT2D eigenvalue weighted by molar-refractivity contribution is -0.141. The van der Waals surface area contributed by atoms with Crippen LogP contribution in [0.3, 0.4) is 0 Å². The fourth-order valence-corrected chi connectivity index (χ4v) is 8.28. The van der Waals surface area contributed by atoms with Crippen molar-refractivity contribution < 1.29 is 43.9 Å². The highest BCUT2D eigenvalue weighted by molar-refractivity contribution is 14.1. The lowest BCUT2D eigenvalue weighted by Gasteiger charge is -2.41. The summed E-state index contributed by atoms with van der Waals surface area (Å²) in [5.74, 6) is 3.01. The average Bonchev–Trinajstić information content (AvgIpc) is 3.82. The Hall–Kier alpha value is -3.07. The molecule has 1 heterocycles. The SMILES string of the molecule is COc1cc(CO)cc(I)c1OC1C=C(C(=O)NCCO)CC(N(Cc2ccc3c(c2)OCO3)C(=O)CC2CC3CCC2C3)C1O. The molecule has 0 saturated heterocycles. The summed E-state index contributed by atoms with van der Waals surface area (Å²) in [5.41, 5.74) is 1.79. The van der Waals surface area contributed by atoms with Gasteiger partial charge in [0, 0.05) is 31.5 Å². The molecule has 2 saturated carbocycles. The van der Waals surface area contributed by atoms with Crippen LogP contribution in [0.4, 0.5) is 0 Å². The molecule has 2 fully saturated rings. The topological polar surface area (TPSA) is 147 Å². The van der Waals surface area contributed by atoms with Crippen molar-refractivity contribution in [3.05, 3.63) is 56.7 Å². The van der Waals surface area contributed by atoms with Crippen LogP contribution in [0.5, 0.6) is 23.0 Å². The van der Waals surface area contributed by atoms with Gasteiger partial charge in [0.2, 0.25) is 18.6 Å². The quantitative estimate of drug-likeness (QED) is 0.240. The van der Waals surface area contributed by atoms with E-state index in [0.717, 1.165) is 18.4 Å². The number of ether oxygens (including phenoxy) is 4. The lowest BCUT2D eigenvalue weighted by atomic mass is 9.84. The maximum absolute atomic E-state index is 14.3. The molecule has 11 nitrogen and oxygen atoms in total. The van der Waals surface area contributed by atoms with Gasteiger partial charge in [0.05, 0.1) is 29.9 Å². The Kier molecular flexibility index (Phi) is 10.3. The molecule has 0 radical (unpaired) electrons. The van der Waals surface area contributed by atoms with Crippen molar-refractivity contribution in [1.29, 1.82) is 0 Å². The lowest BCUT2D eigenvalue weighted by Crippen LogP contribution is -2.55. The average molecular weight is 749 g/mol. The normalized spacial score (nSPS) is 26.1. The van der Waals surface area contributed by atoms with Crippen LogP contribution in [-0.4, -0.2) is 77.3 Å². The molecule has 248 valence electrons. The number of aliphatic hydroxyl groups is 3. The van der Waals surface area contributed by atoms with E-state index in [2.05, 4.69) is 27.9 Å². The van der Waals surface area contributed by atoms with Gasteiger partial charge in [0.15, 0.2) is 23.0 Å². The number of aliphatic hydroxyl groups excluding tert-OH is 3. The number of fused-ring (bicyclic) bond motifs is 3. The second-order valence-corrected chi connectivity index (χ2v) is 13.8. The van der Waals surface area contributed by atoms with Crippen LogP contribution >= 0.6 is 22.6 Å². The molecule has 46 heavy (non-hydrogen) atoms. The molecule has 2 aromatic carbocycles. The van der Waals surface area contributed by atoms with Crippen LogP contribution < -0.4 is 24.3 Å². The predicted octanol–water partition coefficient (Wildman–Crippen LogP) is 3.29. The monoisotopic (exact) mass is 748 g/mol. The van der Waals surface area contributed by atoms with Crippen molar-refractivity contribution in [3.63, 3.8) is 0 Å². The fourth-order valence-electron chi connectivity index (χ4n) is 7.49. The summed E-state index contributed by atoms with van der Waals surface area (Å²) >= 11 is 2.08. The Balaban J connectivity index is 1.34. The summed E-state index contributed by atoms with van der Waals surface area (Å²) in [7, 11) is 1.49. The maximum atomic E-state index is 14.3. The third-order valence-corrected chi connectivity index (χ3v) is 10.6. The van der Waals surface area contributed by atoms with Crippen LogP contribution in [0.1, 0.15) is 49.7 Å². The molecular formula is C34H41IN2O9. The molecule has 2 aromatic rings. The molecule has 3 aliphatic carbocycles. The van der Waals surface area contributed by atoms with Gasteiger partial charge in [-0.3, -0.25) is 9.59 Å². The summed E-state index contributed by atoms with van der Waals surface area (Å²) in [4.78, 5) is 29.3. The number of nitrogens with one attached hydrogen (secondary N) is 1. The van der Waals surface area contributed by atoms with Gasteiger partial charge in [-0.1, -0.05) is 12.5 Å². The van der Waals surface area contributed by atoms with Crippen molar-refractivity contribution >= 4 is 34.4 Å². The Morgan fingerprint density at radius 1 is 1.09 bits per heavy atom. The van der Waals surface area contributed by atoms with Crippen molar-refractivity contribution in [3.8, 4) is 23.0 Å². The number of nitrogens with zero attached hydrogens (tertiary/aromatic N) is 1. The van der Waals surface area contributed by atoms with Crippen molar-refractivity contribution in [2.24, 2.45) is 17.8 Å². The van der Waals surface area contributed by atoms with Gasteiger partial charge in [-0.2, -0.15) is 0 Å². The van der Waals surface area contributed by atoms with E-state index >= 15 is 0 Å². The number of methoxy groups -OCH3 is 1. The standard InChI is InChI=1S/C34H41IN2O9/c1-43-30-12-21(17-39)10-25(35)33(30)46-29-14-24(34(42)36-6-7-38)13-26(32(29)41)37(16-20-3-5-27-28(11-20)45-18-44-27)31(40)15-23-9-19-2-4-22(23)8-19/h3,5,10-12,14,19,22-23,26,29,32,38-39,41H,2,4,6-9,13,15-18H2,1H3,(H,36,42). The third kappa shape index (κ3) is 6.95. The minimum absolute atomic E-state index is 0.0628. The first-order valence-electron chi connectivity index (χ1n) is 15.9. The summed E-state index contributed by atoms with van der Waals surface area (Å²) in [6.07, 6.45) is 4.47. The molecule has 2 bridgehead atoms. The Morgan fingerprint density at radius 2 is 1.91 bits per heavy atom. The molecule has 6 unspecified atom stereocenters. The number of carbonyl (C=O) groups is 2. The van der Waals surface area contributed by atoms with Gasteiger partial charge in [-0.25, -0.2) is 0 Å². The number of hydrogen-bond donors (Lipinski definition) is 4. The summed E-state index contributed by atoms with van der Waals surface area (Å²) in [5, 5.41) is 33.7. The van der Waals surface area contributed by atoms with Gasteiger partial charge in [-0.15, -0.1) is 0 Å². The third-order valence-electron chi connectivity index (χ3n) is 9.77. The number of hydrogen-bond acceptors (Lipinski definition) is 9.